The van der Waals surface area contributed by atoms with E-state index in [1.54, 1.807) is 33.0 Å². The minimum absolute atomic E-state index is 0. The Morgan fingerprint density at radius 1 is 1.32 bits per heavy atom. The monoisotopic (exact) mass is 525 g/mol. The summed E-state index contributed by atoms with van der Waals surface area (Å²) in [7, 11) is 1.35. The molecule has 0 amide bonds. The second-order valence-electron chi connectivity index (χ2n) is 6.93. The molecule has 1 saturated heterocycles. The van der Waals surface area contributed by atoms with Gasteiger partial charge in [0.1, 0.15) is 11.3 Å². The van der Waals surface area contributed by atoms with E-state index in [9.17, 15) is 13.2 Å². The first kappa shape index (κ1) is 24.5. The van der Waals surface area contributed by atoms with Crippen LogP contribution in [0.2, 0.25) is 0 Å². The molecule has 1 heterocycles. The molecule has 0 spiro atoms. The molecular formula is C18H28IN3O5S. The van der Waals surface area contributed by atoms with Crippen LogP contribution in [-0.4, -0.2) is 70.1 Å². The predicted octanol–water partition coefficient (Wildman–Crippen LogP) is 1.68. The number of rotatable bonds is 4. The van der Waals surface area contributed by atoms with E-state index < -0.39 is 20.6 Å². The van der Waals surface area contributed by atoms with Crippen LogP contribution in [0.15, 0.2) is 23.2 Å². The van der Waals surface area contributed by atoms with Crippen LogP contribution in [0.3, 0.4) is 0 Å². The summed E-state index contributed by atoms with van der Waals surface area (Å²) in [5.41, 5.74) is 1.20. The number of methoxy groups -OCH3 is 2. The van der Waals surface area contributed by atoms with E-state index in [1.807, 2.05) is 11.0 Å². The van der Waals surface area contributed by atoms with Crippen molar-refractivity contribution in [2.24, 2.45) is 4.99 Å². The molecule has 1 aromatic rings. The highest BCUT2D eigenvalue weighted by molar-refractivity contribution is 14.0. The van der Waals surface area contributed by atoms with Gasteiger partial charge in [-0.2, -0.15) is 0 Å². The van der Waals surface area contributed by atoms with Crippen molar-refractivity contribution >= 4 is 45.7 Å². The van der Waals surface area contributed by atoms with Crippen LogP contribution in [0.1, 0.15) is 29.8 Å². The van der Waals surface area contributed by atoms with Crippen LogP contribution in [0.5, 0.6) is 5.75 Å². The lowest BCUT2D eigenvalue weighted by molar-refractivity contribution is 0.0597. The molecule has 1 aromatic carbocycles. The summed E-state index contributed by atoms with van der Waals surface area (Å²) < 4.78 is 33.5. The molecule has 0 atom stereocenters. The van der Waals surface area contributed by atoms with E-state index in [1.165, 1.54) is 14.2 Å². The number of carbonyl (C=O) groups is 1. The second-order valence-corrected chi connectivity index (χ2v) is 9.67. The van der Waals surface area contributed by atoms with Gasteiger partial charge in [0.25, 0.3) is 0 Å². The smallest absolute Gasteiger partial charge is 0.341 e. The highest BCUT2D eigenvalue weighted by Gasteiger charge is 2.40. The third kappa shape index (κ3) is 5.28. The predicted molar refractivity (Wildman–Crippen MR) is 119 cm³/mol. The lowest BCUT2D eigenvalue weighted by Gasteiger charge is -2.39. The van der Waals surface area contributed by atoms with Crippen molar-refractivity contribution in [1.82, 2.24) is 10.2 Å². The highest BCUT2D eigenvalue weighted by Crippen LogP contribution is 2.24. The summed E-state index contributed by atoms with van der Waals surface area (Å²) in [5.74, 6) is 0.683. The molecule has 1 fully saturated rings. The van der Waals surface area contributed by atoms with E-state index in [0.717, 1.165) is 5.56 Å². The van der Waals surface area contributed by atoms with Gasteiger partial charge in [0.15, 0.2) is 15.8 Å². The topological polar surface area (TPSA) is 97.3 Å². The number of benzene rings is 1. The molecule has 2 rings (SSSR count). The maximum atomic E-state index is 12.2. The molecule has 0 aromatic heterocycles. The van der Waals surface area contributed by atoms with Gasteiger partial charge < -0.3 is 19.7 Å². The van der Waals surface area contributed by atoms with E-state index in [0.29, 0.717) is 36.9 Å². The highest BCUT2D eigenvalue weighted by atomic mass is 127. The van der Waals surface area contributed by atoms with Gasteiger partial charge in [-0.25, -0.2) is 13.2 Å². The fourth-order valence-corrected chi connectivity index (χ4v) is 4.34. The van der Waals surface area contributed by atoms with Gasteiger partial charge in [0.2, 0.25) is 0 Å². The minimum atomic E-state index is -3.12. The molecule has 0 radical (unpaired) electrons. The summed E-state index contributed by atoms with van der Waals surface area (Å²) >= 11 is 0. The van der Waals surface area contributed by atoms with Crippen molar-refractivity contribution in [3.63, 3.8) is 0 Å². The van der Waals surface area contributed by atoms with E-state index in [-0.39, 0.29) is 29.7 Å². The zero-order valence-electron chi connectivity index (χ0n) is 16.8. The summed E-state index contributed by atoms with van der Waals surface area (Å²) in [5, 5.41) is 3.23. The van der Waals surface area contributed by atoms with Crippen molar-refractivity contribution in [2.75, 3.05) is 40.1 Å². The van der Waals surface area contributed by atoms with Gasteiger partial charge in [0.05, 0.1) is 24.7 Å². The average Bonchev–Trinajstić information content (AvgIpc) is 2.64. The number of hydrogen-bond acceptors (Lipinski definition) is 6. The number of carbonyl (C=O) groups excluding carboxylic acids is 1. The molecule has 1 N–H and O–H groups in total. The number of esters is 1. The molecule has 28 heavy (non-hydrogen) atoms. The standard InChI is InChI=1S/C18H27N3O5S.HI/c1-18(2)12-21(8-9-27(18,23)24)17(19-3)20-11-13-6-7-15(25-4)14(10-13)16(22)26-5;/h6-7,10H,8-9,11-12H2,1-5H3,(H,19,20);1H. The van der Waals surface area contributed by atoms with Gasteiger partial charge in [0, 0.05) is 26.7 Å². The second kappa shape index (κ2) is 9.77. The molecule has 10 heteroatoms. The fraction of sp³-hybridized carbons (Fsp3) is 0.556. The van der Waals surface area contributed by atoms with Crippen LogP contribution in [0.25, 0.3) is 0 Å². The number of hydrogen-bond donors (Lipinski definition) is 1. The molecule has 8 nitrogen and oxygen atoms in total. The molecule has 1 aliphatic rings. The number of nitrogens with one attached hydrogen (secondary N) is 1. The normalized spacial score (nSPS) is 18.0. The minimum Gasteiger partial charge on any atom is -0.496 e. The fourth-order valence-electron chi connectivity index (χ4n) is 2.97. The Labute approximate surface area is 183 Å². The van der Waals surface area contributed by atoms with Crippen LogP contribution in [0, 0.1) is 0 Å². The Bertz CT molecular complexity index is 840. The van der Waals surface area contributed by atoms with Crippen molar-refractivity contribution in [3.05, 3.63) is 29.3 Å². The zero-order chi connectivity index (χ0) is 20.2. The third-order valence-corrected chi connectivity index (χ3v) is 7.21. The zero-order valence-corrected chi connectivity index (χ0v) is 20.0. The molecular weight excluding hydrogens is 497 g/mol. The number of sulfone groups is 1. The molecule has 0 saturated carbocycles. The first-order chi connectivity index (χ1) is 12.6. The van der Waals surface area contributed by atoms with E-state index in [4.69, 9.17) is 9.47 Å². The summed E-state index contributed by atoms with van der Waals surface area (Å²) in [6, 6.07) is 5.26. The van der Waals surface area contributed by atoms with Gasteiger partial charge >= 0.3 is 5.97 Å². The Morgan fingerprint density at radius 3 is 2.54 bits per heavy atom. The van der Waals surface area contributed by atoms with E-state index in [2.05, 4.69) is 10.3 Å². The lowest BCUT2D eigenvalue weighted by Crippen LogP contribution is -2.57. The number of ether oxygens (including phenoxy) is 2. The van der Waals surface area contributed by atoms with Gasteiger partial charge in [-0.3, -0.25) is 4.99 Å². The number of halogens is 1. The molecule has 158 valence electrons. The van der Waals surface area contributed by atoms with Crippen molar-refractivity contribution in [3.8, 4) is 5.75 Å². The van der Waals surface area contributed by atoms with E-state index >= 15 is 0 Å². The largest absolute Gasteiger partial charge is 0.496 e. The molecule has 0 unspecified atom stereocenters. The summed E-state index contributed by atoms with van der Waals surface area (Å²) in [6.07, 6.45) is 0. The lowest BCUT2D eigenvalue weighted by atomic mass is 10.1. The molecule has 1 aliphatic heterocycles. The van der Waals surface area contributed by atoms with Crippen LogP contribution in [-0.2, 0) is 21.1 Å². The van der Waals surface area contributed by atoms with Crippen molar-refractivity contribution < 1.29 is 22.7 Å². The first-order valence-corrected chi connectivity index (χ1v) is 10.2. The Balaban J connectivity index is 0.00000392. The van der Waals surface area contributed by atoms with Crippen LogP contribution >= 0.6 is 24.0 Å². The van der Waals surface area contributed by atoms with Gasteiger partial charge in [-0.15, -0.1) is 24.0 Å². The quantitative estimate of drug-likeness (QED) is 0.277. The third-order valence-electron chi connectivity index (χ3n) is 4.67. The van der Waals surface area contributed by atoms with Crippen molar-refractivity contribution in [1.29, 1.82) is 0 Å². The van der Waals surface area contributed by atoms with Crippen molar-refractivity contribution in [2.45, 2.75) is 25.1 Å². The SMILES string of the molecule is CN=C(NCc1ccc(OC)c(C(=O)OC)c1)N1CCS(=O)(=O)C(C)(C)C1.I. The van der Waals surface area contributed by atoms with Gasteiger partial charge in [-0.1, -0.05) is 6.07 Å². The van der Waals surface area contributed by atoms with Gasteiger partial charge in [-0.05, 0) is 31.5 Å². The Hall–Kier alpha value is -1.56. The maximum Gasteiger partial charge on any atom is 0.341 e. The number of aliphatic imine (C=N–C) groups is 1. The number of nitrogens with zero attached hydrogens (tertiary/aromatic N) is 2. The Kier molecular flexibility index (Phi) is 8.54. The van der Waals surface area contributed by atoms with Crippen LogP contribution < -0.4 is 10.1 Å². The maximum absolute atomic E-state index is 12.2. The average molecular weight is 525 g/mol. The molecule has 0 aliphatic carbocycles. The summed E-state index contributed by atoms with van der Waals surface area (Å²) in [6.45, 7) is 4.64. The Morgan fingerprint density at radius 2 is 2.00 bits per heavy atom. The van der Waals surface area contributed by atoms with Crippen LogP contribution in [0.4, 0.5) is 0 Å². The first-order valence-electron chi connectivity index (χ1n) is 8.58. The summed E-state index contributed by atoms with van der Waals surface area (Å²) in [4.78, 5) is 18.1. The number of guanidine groups is 1. The molecule has 0 bridgehead atoms.